The van der Waals surface area contributed by atoms with Crippen LogP contribution in [0.5, 0.6) is 5.75 Å². The quantitative estimate of drug-likeness (QED) is 0.733. The molecule has 142 valence electrons. The Kier molecular flexibility index (Phi) is 6.44. The van der Waals surface area contributed by atoms with Crippen LogP contribution in [0.2, 0.25) is 0 Å². The summed E-state index contributed by atoms with van der Waals surface area (Å²) in [5.74, 6) is 0.487. The fourth-order valence-corrected chi connectivity index (χ4v) is 3.74. The molecule has 8 heteroatoms. The highest BCUT2D eigenvalue weighted by Crippen LogP contribution is 2.18. The topological polar surface area (TPSA) is 97.6 Å². The van der Waals surface area contributed by atoms with E-state index in [1.165, 1.54) is 25.5 Å². The van der Waals surface area contributed by atoms with Crippen LogP contribution < -0.4 is 14.8 Å². The molecule has 1 amide bonds. The lowest BCUT2D eigenvalue weighted by molar-refractivity contribution is -0.124. The van der Waals surface area contributed by atoms with E-state index in [9.17, 15) is 13.2 Å². The molecule has 0 aliphatic heterocycles. The molecule has 2 N–H and O–H groups in total. The van der Waals surface area contributed by atoms with Gasteiger partial charge in [0.1, 0.15) is 17.6 Å². The SMILES string of the molecule is COc1ccc(S(=O)(=O)N[C@@H](C(=O)N[C@@H](C)c2ccco2)C(C)C)cc1. The van der Waals surface area contributed by atoms with Gasteiger partial charge in [-0.1, -0.05) is 13.8 Å². The summed E-state index contributed by atoms with van der Waals surface area (Å²) in [5.41, 5.74) is 0. The number of hydrogen-bond acceptors (Lipinski definition) is 5. The zero-order valence-corrected chi connectivity index (χ0v) is 16.0. The van der Waals surface area contributed by atoms with Crippen LogP contribution in [0.1, 0.15) is 32.6 Å². The lowest BCUT2D eigenvalue weighted by atomic mass is 10.0. The second-order valence-electron chi connectivity index (χ2n) is 6.26. The van der Waals surface area contributed by atoms with Gasteiger partial charge in [-0.3, -0.25) is 4.79 Å². The summed E-state index contributed by atoms with van der Waals surface area (Å²) in [6.45, 7) is 5.32. The Morgan fingerprint density at radius 2 is 1.77 bits per heavy atom. The Morgan fingerprint density at radius 1 is 1.12 bits per heavy atom. The van der Waals surface area contributed by atoms with Gasteiger partial charge in [0, 0.05) is 0 Å². The lowest BCUT2D eigenvalue weighted by Crippen LogP contribution is -2.50. The minimum atomic E-state index is -3.85. The largest absolute Gasteiger partial charge is 0.497 e. The predicted molar refractivity (Wildman–Crippen MR) is 97.2 cm³/mol. The maximum atomic E-state index is 12.6. The number of nitrogens with one attached hydrogen (secondary N) is 2. The summed E-state index contributed by atoms with van der Waals surface area (Å²) < 4.78 is 38.0. The van der Waals surface area contributed by atoms with Crippen LogP contribution in [0, 0.1) is 5.92 Å². The van der Waals surface area contributed by atoms with Gasteiger partial charge in [-0.15, -0.1) is 0 Å². The Hall–Kier alpha value is -2.32. The van der Waals surface area contributed by atoms with E-state index in [1.807, 2.05) is 0 Å². The second-order valence-corrected chi connectivity index (χ2v) is 7.98. The molecular weight excluding hydrogens is 356 g/mol. The first-order chi connectivity index (χ1) is 12.2. The first-order valence-corrected chi connectivity index (χ1v) is 9.73. The van der Waals surface area contributed by atoms with E-state index in [4.69, 9.17) is 9.15 Å². The van der Waals surface area contributed by atoms with Gasteiger partial charge in [0.05, 0.1) is 24.3 Å². The van der Waals surface area contributed by atoms with Crippen molar-refractivity contribution in [3.8, 4) is 5.75 Å². The number of ether oxygens (including phenoxy) is 1. The van der Waals surface area contributed by atoms with Crippen LogP contribution in [0.25, 0.3) is 0 Å². The van der Waals surface area contributed by atoms with E-state index in [0.29, 0.717) is 11.5 Å². The molecule has 0 spiro atoms. The molecule has 7 nitrogen and oxygen atoms in total. The van der Waals surface area contributed by atoms with E-state index in [2.05, 4.69) is 10.0 Å². The van der Waals surface area contributed by atoms with Crippen molar-refractivity contribution in [2.75, 3.05) is 7.11 Å². The average Bonchev–Trinajstić information content (AvgIpc) is 3.14. The molecule has 0 aliphatic rings. The normalized spacial score (nSPS) is 14.0. The molecule has 0 fully saturated rings. The van der Waals surface area contributed by atoms with Gasteiger partial charge in [-0.25, -0.2) is 8.42 Å². The highest BCUT2D eigenvalue weighted by Gasteiger charge is 2.29. The minimum absolute atomic E-state index is 0.0656. The third-order valence-electron chi connectivity index (χ3n) is 3.93. The molecule has 1 heterocycles. The number of amides is 1. The third-order valence-corrected chi connectivity index (χ3v) is 5.39. The molecule has 2 atom stereocenters. The van der Waals surface area contributed by atoms with Crippen LogP contribution >= 0.6 is 0 Å². The summed E-state index contributed by atoms with van der Waals surface area (Å²) >= 11 is 0. The number of benzene rings is 1. The standard InChI is InChI=1S/C18H24N2O5S/c1-12(2)17(18(21)19-13(3)16-6-5-11-25-16)20-26(22,23)15-9-7-14(24-4)8-10-15/h5-13,17,20H,1-4H3,(H,19,21)/t13-,17+/m0/s1. The number of hydrogen-bond donors (Lipinski definition) is 2. The van der Waals surface area contributed by atoms with Gasteiger partial charge in [0.15, 0.2) is 0 Å². The van der Waals surface area contributed by atoms with Crippen molar-refractivity contribution in [1.82, 2.24) is 10.0 Å². The van der Waals surface area contributed by atoms with Crippen molar-refractivity contribution in [2.24, 2.45) is 5.92 Å². The summed E-state index contributed by atoms with van der Waals surface area (Å²) in [4.78, 5) is 12.7. The maximum Gasteiger partial charge on any atom is 0.241 e. The summed E-state index contributed by atoms with van der Waals surface area (Å²) in [7, 11) is -2.35. The van der Waals surface area contributed by atoms with Crippen molar-refractivity contribution in [3.63, 3.8) is 0 Å². The van der Waals surface area contributed by atoms with Crippen LogP contribution in [-0.2, 0) is 14.8 Å². The first kappa shape index (κ1) is 20.0. The van der Waals surface area contributed by atoms with Gasteiger partial charge in [-0.05, 0) is 49.2 Å². The van der Waals surface area contributed by atoms with Crippen molar-refractivity contribution >= 4 is 15.9 Å². The highest BCUT2D eigenvalue weighted by molar-refractivity contribution is 7.89. The van der Waals surface area contributed by atoms with Crippen molar-refractivity contribution in [2.45, 2.75) is 37.8 Å². The van der Waals surface area contributed by atoms with Crippen LogP contribution in [-0.4, -0.2) is 27.5 Å². The zero-order chi connectivity index (χ0) is 19.3. The molecule has 26 heavy (non-hydrogen) atoms. The minimum Gasteiger partial charge on any atom is -0.497 e. The van der Waals surface area contributed by atoms with E-state index >= 15 is 0 Å². The first-order valence-electron chi connectivity index (χ1n) is 8.24. The molecule has 2 aromatic rings. The van der Waals surface area contributed by atoms with Crippen LogP contribution in [0.15, 0.2) is 52.0 Å². The van der Waals surface area contributed by atoms with Gasteiger partial charge in [0.25, 0.3) is 0 Å². The fourth-order valence-electron chi connectivity index (χ4n) is 2.39. The Balaban J connectivity index is 2.14. The average molecular weight is 380 g/mol. The second kappa shape index (κ2) is 8.37. The Bertz CT molecular complexity index is 814. The molecule has 0 aliphatic carbocycles. The van der Waals surface area contributed by atoms with Gasteiger partial charge >= 0.3 is 0 Å². The van der Waals surface area contributed by atoms with E-state index in [1.54, 1.807) is 45.0 Å². The van der Waals surface area contributed by atoms with E-state index < -0.39 is 22.0 Å². The van der Waals surface area contributed by atoms with Crippen molar-refractivity contribution < 1.29 is 22.4 Å². The van der Waals surface area contributed by atoms with Gasteiger partial charge in [0.2, 0.25) is 15.9 Å². The summed E-state index contributed by atoms with van der Waals surface area (Å²) in [6, 6.07) is 8.16. The number of methoxy groups -OCH3 is 1. The summed E-state index contributed by atoms with van der Waals surface area (Å²) in [6.07, 6.45) is 1.52. The fraction of sp³-hybridized carbons (Fsp3) is 0.389. The number of furan rings is 1. The third kappa shape index (κ3) is 4.86. The highest BCUT2D eigenvalue weighted by atomic mass is 32.2. The predicted octanol–water partition coefficient (Wildman–Crippen LogP) is 2.47. The van der Waals surface area contributed by atoms with E-state index in [0.717, 1.165) is 0 Å². The molecule has 0 bridgehead atoms. The van der Waals surface area contributed by atoms with Gasteiger partial charge in [-0.2, -0.15) is 4.72 Å². The molecule has 1 aromatic heterocycles. The number of sulfonamides is 1. The molecule has 0 unspecified atom stereocenters. The van der Waals surface area contributed by atoms with Gasteiger partial charge < -0.3 is 14.5 Å². The Morgan fingerprint density at radius 3 is 2.27 bits per heavy atom. The number of carbonyl (C=O) groups excluding carboxylic acids is 1. The molecule has 2 rings (SSSR count). The molecule has 0 saturated carbocycles. The maximum absolute atomic E-state index is 12.6. The monoisotopic (exact) mass is 380 g/mol. The zero-order valence-electron chi connectivity index (χ0n) is 15.2. The number of rotatable bonds is 8. The molecule has 0 radical (unpaired) electrons. The van der Waals surface area contributed by atoms with Crippen LogP contribution in [0.3, 0.4) is 0 Å². The molecule has 1 aromatic carbocycles. The molecule has 0 saturated heterocycles. The lowest BCUT2D eigenvalue weighted by Gasteiger charge is -2.23. The van der Waals surface area contributed by atoms with Crippen LogP contribution in [0.4, 0.5) is 0 Å². The van der Waals surface area contributed by atoms with Crippen molar-refractivity contribution in [3.05, 3.63) is 48.4 Å². The smallest absolute Gasteiger partial charge is 0.241 e. The molecular formula is C18H24N2O5S. The number of carbonyl (C=O) groups is 1. The van der Waals surface area contributed by atoms with E-state index in [-0.39, 0.29) is 16.9 Å². The Labute approximate surface area is 153 Å². The van der Waals surface area contributed by atoms with Crippen molar-refractivity contribution in [1.29, 1.82) is 0 Å². The summed E-state index contributed by atoms with van der Waals surface area (Å²) in [5, 5.41) is 2.78.